The van der Waals surface area contributed by atoms with Gasteiger partial charge in [-0.3, -0.25) is 4.21 Å². The second-order valence-electron chi connectivity index (χ2n) is 8.57. The van der Waals surface area contributed by atoms with Gasteiger partial charge >= 0.3 is 0 Å². The maximum Gasteiger partial charge on any atom is 0.199 e. The van der Waals surface area contributed by atoms with E-state index < -0.39 is 10.8 Å². The fraction of sp³-hybridized carbons (Fsp3) is 0.526. The number of imidazole rings is 1. The molecule has 1 aromatic heterocycles. The molecular weight excluding hydrogens is 320 g/mol. The lowest BCUT2D eigenvalue weighted by Crippen LogP contribution is -2.17. The lowest BCUT2D eigenvalue weighted by molar-refractivity contribution is 0.423. The number of aromatic hydroxyl groups is 1. The van der Waals surface area contributed by atoms with Crippen molar-refractivity contribution in [3.8, 4) is 17.0 Å². The van der Waals surface area contributed by atoms with Crippen molar-refractivity contribution in [2.45, 2.75) is 64.1 Å². The van der Waals surface area contributed by atoms with Gasteiger partial charge in [-0.1, -0.05) is 41.5 Å². The van der Waals surface area contributed by atoms with Gasteiger partial charge in [-0.2, -0.15) is 0 Å². The molecule has 1 aliphatic heterocycles. The van der Waals surface area contributed by atoms with Crippen molar-refractivity contribution in [3.05, 3.63) is 29.5 Å². The Morgan fingerprint density at radius 3 is 2.08 bits per heavy atom. The molecule has 1 atom stereocenters. The number of benzene rings is 1. The minimum Gasteiger partial charge on any atom is -0.507 e. The van der Waals surface area contributed by atoms with E-state index in [0.717, 1.165) is 28.9 Å². The summed E-state index contributed by atoms with van der Waals surface area (Å²) in [5, 5.41) is 11.5. The lowest BCUT2D eigenvalue weighted by Gasteiger charge is -2.28. The summed E-state index contributed by atoms with van der Waals surface area (Å²) in [5.74, 6) is 1.02. The molecule has 2 heterocycles. The Kier molecular flexibility index (Phi) is 3.91. The molecule has 2 aromatic rings. The third-order valence-electron chi connectivity index (χ3n) is 4.48. The van der Waals surface area contributed by atoms with Gasteiger partial charge in [0.25, 0.3) is 0 Å². The van der Waals surface area contributed by atoms with Crippen LogP contribution in [-0.4, -0.2) is 24.6 Å². The van der Waals surface area contributed by atoms with Crippen molar-refractivity contribution in [2.75, 3.05) is 5.75 Å². The summed E-state index contributed by atoms with van der Waals surface area (Å²) < 4.78 is 14.0. The summed E-state index contributed by atoms with van der Waals surface area (Å²) in [4.78, 5) is 4.60. The molecule has 0 aliphatic carbocycles. The lowest BCUT2D eigenvalue weighted by atomic mass is 9.78. The average Bonchev–Trinajstić information content (AvgIpc) is 2.99. The first-order valence-electron chi connectivity index (χ1n) is 8.32. The number of nitrogens with zero attached hydrogens (tertiary/aromatic N) is 2. The van der Waals surface area contributed by atoms with Crippen molar-refractivity contribution in [1.29, 1.82) is 0 Å². The van der Waals surface area contributed by atoms with E-state index in [1.807, 2.05) is 22.9 Å². The van der Waals surface area contributed by atoms with Crippen LogP contribution in [0.5, 0.6) is 5.75 Å². The molecule has 5 heteroatoms. The first-order chi connectivity index (χ1) is 11.0. The minimum atomic E-state index is -0.998. The SMILES string of the molecule is CC(C)(C)c1cc(-c2cn3c(n2)S(=O)CC3)cc(C(C)(C)C)c1O. The molecule has 1 N–H and O–H groups in total. The third-order valence-corrected chi connectivity index (χ3v) is 5.77. The number of phenolic OH excluding ortho intramolecular Hbond substituents is 1. The van der Waals surface area contributed by atoms with Crippen molar-refractivity contribution >= 4 is 10.8 Å². The van der Waals surface area contributed by atoms with Gasteiger partial charge < -0.3 is 9.67 Å². The van der Waals surface area contributed by atoms with Crippen molar-refractivity contribution in [3.63, 3.8) is 0 Å². The number of fused-ring (bicyclic) bond motifs is 1. The van der Waals surface area contributed by atoms with Crippen molar-refractivity contribution < 1.29 is 9.32 Å². The second kappa shape index (κ2) is 5.45. The number of aryl methyl sites for hydroxylation is 1. The zero-order valence-electron chi connectivity index (χ0n) is 15.3. The minimum absolute atomic E-state index is 0.175. The molecule has 0 saturated heterocycles. The Balaban J connectivity index is 2.22. The van der Waals surface area contributed by atoms with Gasteiger partial charge in [0.05, 0.1) is 16.5 Å². The predicted molar refractivity (Wildman–Crippen MR) is 98.0 cm³/mol. The average molecular weight is 346 g/mol. The van der Waals surface area contributed by atoms with Gasteiger partial charge in [0, 0.05) is 35.2 Å². The highest BCUT2D eigenvalue weighted by Gasteiger charge is 2.28. The van der Waals surface area contributed by atoms with Gasteiger partial charge in [-0.05, 0) is 23.0 Å². The van der Waals surface area contributed by atoms with Crippen LogP contribution < -0.4 is 0 Å². The number of aromatic nitrogens is 2. The number of rotatable bonds is 1. The Morgan fingerprint density at radius 2 is 1.62 bits per heavy atom. The van der Waals surface area contributed by atoms with Gasteiger partial charge in [0.15, 0.2) is 5.16 Å². The number of phenols is 1. The van der Waals surface area contributed by atoms with Crippen LogP contribution >= 0.6 is 0 Å². The molecule has 1 aromatic carbocycles. The fourth-order valence-corrected chi connectivity index (χ4v) is 4.23. The Labute approximate surface area is 146 Å². The molecule has 0 fully saturated rings. The van der Waals surface area contributed by atoms with Gasteiger partial charge in [-0.15, -0.1) is 0 Å². The van der Waals surface area contributed by atoms with Crippen LogP contribution in [0.4, 0.5) is 0 Å². The third kappa shape index (κ3) is 2.90. The first-order valence-corrected chi connectivity index (χ1v) is 9.64. The van der Waals surface area contributed by atoms with Crippen LogP contribution in [0.25, 0.3) is 11.3 Å². The molecule has 24 heavy (non-hydrogen) atoms. The first kappa shape index (κ1) is 17.2. The zero-order chi connectivity index (χ0) is 17.9. The normalized spacial score (nSPS) is 18.0. The second-order valence-corrected chi connectivity index (χ2v) is 10.0. The summed E-state index contributed by atoms with van der Waals surface area (Å²) in [7, 11) is -0.998. The summed E-state index contributed by atoms with van der Waals surface area (Å²) in [6, 6.07) is 4.04. The van der Waals surface area contributed by atoms with E-state index in [1.165, 1.54) is 0 Å². The van der Waals surface area contributed by atoms with Gasteiger partial charge in [0.2, 0.25) is 0 Å². The predicted octanol–water partition coefficient (Wildman–Crippen LogP) is 3.97. The number of hydrogen-bond donors (Lipinski definition) is 1. The van der Waals surface area contributed by atoms with Crippen molar-refractivity contribution in [2.24, 2.45) is 0 Å². The van der Waals surface area contributed by atoms with Crippen LogP contribution in [-0.2, 0) is 28.2 Å². The van der Waals surface area contributed by atoms with Gasteiger partial charge in [0.1, 0.15) is 5.75 Å². The van der Waals surface area contributed by atoms with Gasteiger partial charge in [-0.25, -0.2) is 4.98 Å². The smallest absolute Gasteiger partial charge is 0.199 e. The summed E-state index contributed by atoms with van der Waals surface area (Å²) in [5.41, 5.74) is 3.28. The van der Waals surface area contributed by atoms with Crippen LogP contribution in [0.2, 0.25) is 0 Å². The van der Waals surface area contributed by atoms with E-state index in [-0.39, 0.29) is 10.8 Å². The topological polar surface area (TPSA) is 55.1 Å². The Morgan fingerprint density at radius 1 is 1.08 bits per heavy atom. The highest BCUT2D eigenvalue weighted by molar-refractivity contribution is 7.85. The van der Waals surface area contributed by atoms with E-state index in [1.54, 1.807) is 0 Å². The van der Waals surface area contributed by atoms with E-state index in [0.29, 0.717) is 16.7 Å². The summed E-state index contributed by atoms with van der Waals surface area (Å²) in [6.45, 7) is 13.3. The molecule has 0 saturated carbocycles. The van der Waals surface area contributed by atoms with Crippen LogP contribution in [0, 0.1) is 0 Å². The zero-order valence-corrected chi connectivity index (χ0v) is 16.1. The van der Waals surface area contributed by atoms with E-state index in [9.17, 15) is 9.32 Å². The molecule has 4 nitrogen and oxygen atoms in total. The molecule has 0 bridgehead atoms. The molecule has 1 unspecified atom stereocenters. The molecule has 0 spiro atoms. The summed E-state index contributed by atoms with van der Waals surface area (Å²) in [6.07, 6.45) is 1.98. The van der Waals surface area contributed by atoms with Crippen LogP contribution in [0.1, 0.15) is 52.7 Å². The molecule has 3 rings (SSSR count). The Bertz CT molecular complexity index is 788. The number of hydrogen-bond acceptors (Lipinski definition) is 3. The molecular formula is C19H26N2O2S. The maximum atomic E-state index is 12.0. The van der Waals surface area contributed by atoms with E-state index in [2.05, 4.69) is 46.5 Å². The summed E-state index contributed by atoms with van der Waals surface area (Å²) >= 11 is 0. The quantitative estimate of drug-likeness (QED) is 0.850. The molecule has 0 amide bonds. The van der Waals surface area contributed by atoms with Crippen molar-refractivity contribution in [1.82, 2.24) is 9.55 Å². The molecule has 1 aliphatic rings. The van der Waals surface area contributed by atoms with Crippen LogP contribution in [0.15, 0.2) is 23.5 Å². The monoisotopic (exact) mass is 346 g/mol. The standard InChI is InChI=1S/C19H26N2O2S/c1-18(2,3)13-9-12(10-14(16(13)22)19(4,5)6)15-11-21-7-8-24(23)17(21)20-15/h9-11,22H,7-8H2,1-6H3. The highest BCUT2D eigenvalue weighted by atomic mass is 32.2. The fourth-order valence-electron chi connectivity index (χ4n) is 3.08. The highest BCUT2D eigenvalue weighted by Crippen LogP contribution is 2.42. The largest absolute Gasteiger partial charge is 0.507 e. The van der Waals surface area contributed by atoms with E-state index in [4.69, 9.17) is 0 Å². The molecule has 130 valence electrons. The Hall–Kier alpha value is -1.62. The molecule has 0 radical (unpaired) electrons. The van der Waals surface area contributed by atoms with E-state index >= 15 is 0 Å². The maximum absolute atomic E-state index is 12.0. The van der Waals surface area contributed by atoms with Crippen LogP contribution in [0.3, 0.4) is 0 Å².